The lowest BCUT2D eigenvalue weighted by molar-refractivity contribution is -0.661. The zero-order chi connectivity index (χ0) is 25.9. The Morgan fingerprint density at radius 3 is 2.29 bits per heavy atom. The number of aromatic nitrogens is 2. The van der Waals surface area contributed by atoms with Crippen molar-refractivity contribution >= 4 is 21.8 Å². The zero-order valence-electron chi connectivity index (χ0n) is 20.4. The van der Waals surface area contributed by atoms with Crippen molar-refractivity contribution in [2.45, 2.75) is 13.1 Å². The Hall–Kier alpha value is -3.67. The number of fused-ring (bicyclic) bond motifs is 6. The van der Waals surface area contributed by atoms with E-state index in [1.807, 2.05) is 16.8 Å². The highest BCUT2D eigenvalue weighted by Crippen LogP contribution is 2.38. The third kappa shape index (κ3) is 5.04. The molecule has 2 aromatic carbocycles. The van der Waals surface area contributed by atoms with Crippen LogP contribution < -0.4 is 53.1 Å². The number of allylic oxidation sites excluding steroid dienone is 2. The molecule has 0 bridgehead atoms. The van der Waals surface area contributed by atoms with Gasteiger partial charge in [-0.3, -0.25) is 4.79 Å². The Labute approximate surface area is 234 Å². The van der Waals surface area contributed by atoms with Crippen molar-refractivity contribution in [3.05, 3.63) is 89.9 Å². The number of hydrogen-bond donors (Lipinski definition) is 0. The summed E-state index contributed by atoms with van der Waals surface area (Å²) in [6.45, 7) is 9.96. The lowest BCUT2D eigenvalue weighted by Crippen LogP contribution is -3.00. The number of pyridine rings is 2. The highest BCUT2D eigenvalue weighted by Gasteiger charge is 2.25. The van der Waals surface area contributed by atoms with Crippen LogP contribution in [0.1, 0.15) is 0 Å². The summed E-state index contributed by atoms with van der Waals surface area (Å²) < 4.78 is 53.3. The molecule has 0 saturated carbocycles. The topological polar surface area (TPSA) is 62.8 Å². The largest absolute Gasteiger partial charge is 1.00 e. The molecule has 2 aromatic heterocycles. The minimum absolute atomic E-state index is 0. The normalized spacial score (nSPS) is 13.2. The van der Waals surface area contributed by atoms with Gasteiger partial charge in [0.2, 0.25) is 5.75 Å². The fraction of sp³-hybridized carbons (Fsp3) is 0.214. The monoisotopic (exact) mass is 634 g/mol. The van der Waals surface area contributed by atoms with Crippen LogP contribution in [0.4, 0.5) is 8.78 Å². The van der Waals surface area contributed by atoms with Crippen molar-refractivity contribution in [1.29, 1.82) is 0 Å². The van der Waals surface area contributed by atoms with E-state index in [0.29, 0.717) is 77.8 Å². The van der Waals surface area contributed by atoms with Gasteiger partial charge in [0.05, 0.1) is 5.39 Å². The molecule has 198 valence electrons. The third-order valence-electron chi connectivity index (χ3n) is 5.98. The molecule has 0 unspecified atom stereocenters. The summed E-state index contributed by atoms with van der Waals surface area (Å²) in [7, 11) is 0. The van der Waals surface area contributed by atoms with E-state index in [1.54, 1.807) is 30.4 Å². The van der Waals surface area contributed by atoms with Crippen LogP contribution in [0.2, 0.25) is 0 Å². The Morgan fingerprint density at radius 1 is 0.868 bits per heavy atom. The maximum Gasteiger partial charge on any atom is 0.262 e. The van der Waals surface area contributed by atoms with Gasteiger partial charge in [-0.1, -0.05) is 12.7 Å². The predicted octanol–water partition coefficient (Wildman–Crippen LogP) is 1.33. The average Bonchev–Trinajstić information content (AvgIpc) is 2.91. The second-order valence-electron chi connectivity index (χ2n) is 8.31. The molecule has 4 aromatic rings. The van der Waals surface area contributed by atoms with Gasteiger partial charge in [0, 0.05) is 30.1 Å². The van der Waals surface area contributed by atoms with Crippen LogP contribution in [0.3, 0.4) is 0 Å². The molecule has 4 heterocycles. The Bertz CT molecular complexity index is 1590. The first-order chi connectivity index (χ1) is 18.0. The predicted molar refractivity (Wildman–Crippen MR) is 135 cm³/mol. The van der Waals surface area contributed by atoms with Gasteiger partial charge >= 0.3 is 0 Å². The molecule has 2 aliphatic rings. The molecule has 0 saturated heterocycles. The van der Waals surface area contributed by atoms with Gasteiger partial charge in [-0.15, -0.1) is 6.58 Å². The number of halogens is 3. The van der Waals surface area contributed by atoms with E-state index in [0.717, 1.165) is 6.07 Å². The molecule has 0 radical (unpaired) electrons. The summed E-state index contributed by atoms with van der Waals surface area (Å²) in [5.74, 6) is 1.17. The van der Waals surface area contributed by atoms with Crippen molar-refractivity contribution in [1.82, 2.24) is 4.57 Å². The Kier molecular flexibility index (Phi) is 8.50. The first-order valence-corrected chi connectivity index (χ1v) is 11.8. The molecule has 0 amide bonds. The van der Waals surface area contributed by atoms with E-state index in [4.69, 9.17) is 18.9 Å². The van der Waals surface area contributed by atoms with Crippen LogP contribution in [0, 0.1) is 11.6 Å². The summed E-state index contributed by atoms with van der Waals surface area (Å²) in [5, 5.41) is 0.870. The smallest absolute Gasteiger partial charge is 0.262 e. The molecular weight excluding hydrogens is 609 g/mol. The minimum Gasteiger partial charge on any atom is -1.00 e. The van der Waals surface area contributed by atoms with Gasteiger partial charge in [0.1, 0.15) is 43.6 Å². The van der Waals surface area contributed by atoms with Gasteiger partial charge in [-0.05, 0) is 24.3 Å². The Balaban J connectivity index is 0.000000173. The van der Waals surface area contributed by atoms with Gasteiger partial charge in [-0.25, -0.2) is 8.78 Å². The molecular formula is C28H25F2IN2O5. The maximum absolute atomic E-state index is 14.0. The molecule has 2 aliphatic heterocycles. The van der Waals surface area contributed by atoms with E-state index in [-0.39, 0.29) is 36.3 Å². The average molecular weight is 634 g/mol. The molecule has 0 aliphatic carbocycles. The Morgan fingerprint density at radius 2 is 1.55 bits per heavy atom. The summed E-state index contributed by atoms with van der Waals surface area (Å²) in [6, 6.07) is 9.16. The van der Waals surface area contributed by atoms with Crippen molar-refractivity contribution < 1.29 is 56.3 Å². The van der Waals surface area contributed by atoms with E-state index in [9.17, 15) is 13.6 Å². The number of nitrogens with zero attached hydrogens (tertiary/aromatic N) is 2. The van der Waals surface area contributed by atoms with Crippen LogP contribution in [0.25, 0.3) is 21.8 Å². The number of ether oxygens (including phenoxy) is 4. The van der Waals surface area contributed by atoms with Crippen LogP contribution in [-0.2, 0) is 13.1 Å². The third-order valence-corrected chi connectivity index (χ3v) is 5.98. The summed E-state index contributed by atoms with van der Waals surface area (Å²) >= 11 is 0. The molecule has 38 heavy (non-hydrogen) atoms. The molecule has 6 rings (SSSR count). The highest BCUT2D eigenvalue weighted by molar-refractivity contribution is 5.88. The fourth-order valence-corrected chi connectivity index (χ4v) is 4.45. The van der Waals surface area contributed by atoms with Crippen LogP contribution in [0.15, 0.2) is 72.7 Å². The lowest BCUT2D eigenvalue weighted by atomic mass is 10.1. The molecule has 0 N–H and O–H groups in total. The maximum atomic E-state index is 14.0. The van der Waals surface area contributed by atoms with Crippen LogP contribution in [0.5, 0.6) is 23.0 Å². The van der Waals surface area contributed by atoms with E-state index in [1.165, 1.54) is 10.6 Å². The van der Waals surface area contributed by atoms with Crippen molar-refractivity contribution in [3.8, 4) is 23.0 Å². The van der Waals surface area contributed by atoms with E-state index in [2.05, 4.69) is 13.2 Å². The number of hydrogen-bond acceptors (Lipinski definition) is 5. The number of rotatable bonds is 4. The molecule has 0 fully saturated rings. The minimum atomic E-state index is -0.558. The van der Waals surface area contributed by atoms with Crippen molar-refractivity contribution in [2.24, 2.45) is 0 Å². The van der Waals surface area contributed by atoms with Gasteiger partial charge < -0.3 is 47.5 Å². The van der Waals surface area contributed by atoms with Crippen molar-refractivity contribution in [3.63, 3.8) is 0 Å². The van der Waals surface area contributed by atoms with Gasteiger partial charge in [0.15, 0.2) is 30.0 Å². The van der Waals surface area contributed by atoms with Gasteiger partial charge in [-0.2, -0.15) is 4.57 Å². The SMILES string of the molecule is C=CC[n+]1cccc2c(F)cc3c(c21)OCCO3.C=CCn1c(=O)cc(F)c2ccc3c(c21)OCCO3.[I-]. The fourth-order valence-electron chi connectivity index (χ4n) is 4.45. The lowest BCUT2D eigenvalue weighted by Gasteiger charge is -2.21. The van der Waals surface area contributed by atoms with E-state index >= 15 is 0 Å². The first kappa shape index (κ1) is 27.4. The summed E-state index contributed by atoms with van der Waals surface area (Å²) in [6.07, 6.45) is 5.23. The molecule has 7 nitrogen and oxygen atoms in total. The quantitative estimate of drug-likeness (QED) is 0.193. The standard InChI is InChI=1S/C14H12FNO3.C14H13FNO2.HI/c1-2-5-16-12(17)8-10(15)9-3-4-11-14(13(9)16)19-7-6-18-11;1-2-5-16-6-3-4-10-11(15)9-12-14(13(10)16)18-8-7-17-12;/h2-4,8H,1,5-7H2;2-4,6,9H,1,5,7-8H2;1H/q;+1;/p-1. The van der Waals surface area contributed by atoms with Crippen molar-refractivity contribution in [2.75, 3.05) is 26.4 Å². The molecule has 10 heteroatoms. The second-order valence-corrected chi connectivity index (χ2v) is 8.31. The van der Waals surface area contributed by atoms with Gasteiger partial charge in [0.25, 0.3) is 11.1 Å². The summed E-state index contributed by atoms with van der Waals surface area (Å²) in [5.41, 5.74) is 0.710. The number of benzene rings is 2. The van der Waals surface area contributed by atoms with Crippen LogP contribution in [-0.4, -0.2) is 31.0 Å². The van der Waals surface area contributed by atoms with E-state index < -0.39 is 11.4 Å². The molecule has 0 spiro atoms. The first-order valence-electron chi connectivity index (χ1n) is 11.8. The highest BCUT2D eigenvalue weighted by atomic mass is 127. The van der Waals surface area contributed by atoms with Crippen LogP contribution >= 0.6 is 0 Å². The molecule has 0 atom stereocenters. The zero-order valence-corrected chi connectivity index (χ0v) is 22.6. The summed E-state index contributed by atoms with van der Waals surface area (Å²) in [4.78, 5) is 11.9. The second kappa shape index (κ2) is 11.8.